The first-order valence-electron chi connectivity index (χ1n) is 9.79. The molecule has 29 heavy (non-hydrogen) atoms. The normalized spacial score (nSPS) is 15.5. The molecule has 1 fully saturated rings. The Morgan fingerprint density at radius 2 is 2.07 bits per heavy atom. The molecule has 2 heterocycles. The average Bonchev–Trinajstić information content (AvgIpc) is 3.47. The van der Waals surface area contributed by atoms with Crippen LogP contribution in [-0.4, -0.2) is 26.4 Å². The van der Waals surface area contributed by atoms with Gasteiger partial charge in [0.15, 0.2) is 11.0 Å². The third-order valence-electron chi connectivity index (χ3n) is 5.15. The van der Waals surface area contributed by atoms with Crippen LogP contribution >= 0.6 is 23.4 Å². The van der Waals surface area contributed by atoms with E-state index in [0.29, 0.717) is 11.1 Å². The molecule has 1 amide bonds. The van der Waals surface area contributed by atoms with Gasteiger partial charge in [0.1, 0.15) is 5.76 Å². The molecule has 3 aromatic rings. The molecule has 1 aliphatic carbocycles. The van der Waals surface area contributed by atoms with Crippen LogP contribution < -0.4 is 5.32 Å². The Morgan fingerprint density at radius 1 is 1.28 bits per heavy atom. The lowest BCUT2D eigenvalue weighted by atomic mass is 10.2. The van der Waals surface area contributed by atoms with E-state index in [1.807, 2.05) is 43.3 Å². The first-order chi connectivity index (χ1) is 14.1. The van der Waals surface area contributed by atoms with Gasteiger partial charge in [-0.2, -0.15) is 0 Å². The smallest absolute Gasteiger partial charge is 0.231 e. The van der Waals surface area contributed by atoms with Crippen LogP contribution in [0.1, 0.15) is 50.5 Å². The third-order valence-corrected chi connectivity index (χ3v) is 6.42. The van der Waals surface area contributed by atoms with Gasteiger partial charge < -0.3 is 9.73 Å². The van der Waals surface area contributed by atoms with Gasteiger partial charge in [0.05, 0.1) is 23.1 Å². The Bertz CT molecular complexity index is 967. The maximum atomic E-state index is 12.4. The fourth-order valence-corrected chi connectivity index (χ4v) is 4.75. The highest BCUT2D eigenvalue weighted by atomic mass is 35.5. The van der Waals surface area contributed by atoms with Gasteiger partial charge in [0.25, 0.3) is 0 Å². The monoisotopic (exact) mass is 430 g/mol. The molecule has 1 aromatic carbocycles. The lowest BCUT2D eigenvalue weighted by Gasteiger charge is -2.17. The standard InChI is InChI=1S/C21H23ClN4O2S/c1-14(18-11-6-12-28-18)23-19(27)13-29-21-25-24-20(16-9-4-5-10-17(16)22)26(21)15-7-2-3-8-15/h4-6,9-12,14-15H,2-3,7-8,13H2,1H3,(H,23,27)/t14-/m1/s1. The van der Waals surface area contributed by atoms with Crippen molar-refractivity contribution >= 4 is 29.3 Å². The second-order valence-corrected chi connectivity index (χ2v) is 8.54. The quantitative estimate of drug-likeness (QED) is 0.516. The van der Waals surface area contributed by atoms with Gasteiger partial charge in [-0.15, -0.1) is 10.2 Å². The molecule has 1 N–H and O–H groups in total. The first-order valence-corrected chi connectivity index (χ1v) is 11.1. The Morgan fingerprint density at radius 3 is 2.79 bits per heavy atom. The Labute approximate surface area is 179 Å². The summed E-state index contributed by atoms with van der Waals surface area (Å²) < 4.78 is 7.52. The van der Waals surface area contributed by atoms with Gasteiger partial charge in [-0.1, -0.05) is 48.3 Å². The summed E-state index contributed by atoms with van der Waals surface area (Å²) >= 11 is 7.83. The van der Waals surface area contributed by atoms with Crippen LogP contribution in [0.4, 0.5) is 0 Å². The SMILES string of the molecule is C[C@@H](NC(=O)CSc1nnc(-c2ccccc2Cl)n1C1CCCC1)c1ccco1. The summed E-state index contributed by atoms with van der Waals surface area (Å²) in [5.74, 6) is 1.70. The fourth-order valence-electron chi connectivity index (χ4n) is 3.72. The second-order valence-electron chi connectivity index (χ2n) is 7.19. The third kappa shape index (κ3) is 4.51. The maximum Gasteiger partial charge on any atom is 0.231 e. The number of furan rings is 1. The highest BCUT2D eigenvalue weighted by Gasteiger charge is 2.26. The first kappa shape index (κ1) is 20.0. The number of hydrogen-bond donors (Lipinski definition) is 1. The molecule has 6 nitrogen and oxygen atoms in total. The van der Waals surface area contributed by atoms with Crippen molar-refractivity contribution in [3.05, 3.63) is 53.4 Å². The number of benzene rings is 1. The van der Waals surface area contributed by atoms with Crippen LogP contribution in [0.15, 0.2) is 52.2 Å². The molecule has 4 rings (SSSR count). The van der Waals surface area contributed by atoms with E-state index in [0.717, 1.165) is 35.1 Å². The summed E-state index contributed by atoms with van der Waals surface area (Å²) in [7, 11) is 0. The van der Waals surface area contributed by atoms with Crippen LogP contribution in [0.3, 0.4) is 0 Å². The number of carbonyl (C=O) groups is 1. The number of nitrogens with zero attached hydrogens (tertiary/aromatic N) is 3. The molecule has 1 saturated carbocycles. The van der Waals surface area contributed by atoms with Gasteiger partial charge in [-0.3, -0.25) is 9.36 Å². The highest BCUT2D eigenvalue weighted by molar-refractivity contribution is 7.99. The predicted molar refractivity (Wildman–Crippen MR) is 114 cm³/mol. The molecular formula is C21H23ClN4O2S. The maximum absolute atomic E-state index is 12.4. The molecule has 0 aliphatic heterocycles. The zero-order chi connectivity index (χ0) is 20.2. The van der Waals surface area contributed by atoms with Gasteiger partial charge in [-0.25, -0.2) is 0 Å². The van der Waals surface area contributed by atoms with E-state index in [-0.39, 0.29) is 17.7 Å². The van der Waals surface area contributed by atoms with Crippen molar-refractivity contribution in [2.75, 3.05) is 5.75 Å². The minimum absolute atomic E-state index is 0.0702. The van der Waals surface area contributed by atoms with E-state index >= 15 is 0 Å². The molecule has 1 atom stereocenters. The number of thioether (sulfide) groups is 1. The van der Waals surface area contributed by atoms with Gasteiger partial charge in [-0.05, 0) is 44.0 Å². The van der Waals surface area contributed by atoms with Crippen LogP contribution in [0.5, 0.6) is 0 Å². The molecule has 152 valence electrons. The van der Waals surface area contributed by atoms with E-state index in [1.54, 1.807) is 6.26 Å². The molecular weight excluding hydrogens is 408 g/mol. The van der Waals surface area contributed by atoms with Gasteiger partial charge in [0.2, 0.25) is 5.91 Å². The Balaban J connectivity index is 1.51. The van der Waals surface area contributed by atoms with Gasteiger partial charge in [0, 0.05) is 11.6 Å². The second kappa shape index (κ2) is 9.05. The molecule has 0 bridgehead atoms. The fraction of sp³-hybridized carbons (Fsp3) is 0.381. The molecule has 1 aliphatic rings. The number of aromatic nitrogens is 3. The summed E-state index contributed by atoms with van der Waals surface area (Å²) in [5, 5.41) is 13.2. The number of rotatable bonds is 7. The van der Waals surface area contributed by atoms with E-state index < -0.39 is 0 Å². The van der Waals surface area contributed by atoms with Crippen LogP contribution in [0.25, 0.3) is 11.4 Å². The van der Waals surface area contributed by atoms with E-state index in [2.05, 4.69) is 20.1 Å². The zero-order valence-electron chi connectivity index (χ0n) is 16.2. The molecule has 8 heteroatoms. The predicted octanol–water partition coefficient (Wildman–Crippen LogP) is 5.28. The van der Waals surface area contributed by atoms with Crippen molar-refractivity contribution in [1.82, 2.24) is 20.1 Å². The molecule has 0 saturated heterocycles. The largest absolute Gasteiger partial charge is 0.467 e. The number of hydrogen-bond acceptors (Lipinski definition) is 5. The number of nitrogens with one attached hydrogen (secondary N) is 1. The van der Waals surface area contributed by atoms with E-state index in [4.69, 9.17) is 16.0 Å². The summed E-state index contributed by atoms with van der Waals surface area (Å²) in [6.07, 6.45) is 6.16. The molecule has 0 spiro atoms. The van der Waals surface area contributed by atoms with E-state index in [9.17, 15) is 4.79 Å². The summed E-state index contributed by atoms with van der Waals surface area (Å²) in [6.45, 7) is 1.90. The Kier molecular flexibility index (Phi) is 6.25. The number of carbonyl (C=O) groups excluding carboxylic acids is 1. The zero-order valence-corrected chi connectivity index (χ0v) is 17.7. The van der Waals surface area contributed by atoms with Crippen LogP contribution in [0.2, 0.25) is 5.02 Å². The van der Waals surface area contributed by atoms with Gasteiger partial charge >= 0.3 is 0 Å². The average molecular weight is 431 g/mol. The minimum atomic E-state index is -0.176. The van der Waals surface area contributed by atoms with Crippen molar-refractivity contribution in [2.24, 2.45) is 0 Å². The van der Waals surface area contributed by atoms with Crippen molar-refractivity contribution < 1.29 is 9.21 Å². The number of amides is 1. The van der Waals surface area contributed by atoms with Crippen LogP contribution in [0, 0.1) is 0 Å². The summed E-state index contributed by atoms with van der Waals surface area (Å²) in [5.41, 5.74) is 0.872. The number of halogens is 1. The van der Waals surface area contributed by atoms with Crippen molar-refractivity contribution in [3.63, 3.8) is 0 Å². The molecule has 2 aromatic heterocycles. The molecule has 0 radical (unpaired) electrons. The summed E-state index contributed by atoms with van der Waals surface area (Å²) in [6, 6.07) is 11.5. The van der Waals surface area contributed by atoms with Crippen LogP contribution in [-0.2, 0) is 4.79 Å². The van der Waals surface area contributed by atoms with Crippen molar-refractivity contribution in [3.8, 4) is 11.4 Å². The topological polar surface area (TPSA) is 73.0 Å². The summed E-state index contributed by atoms with van der Waals surface area (Å²) in [4.78, 5) is 12.4. The highest BCUT2D eigenvalue weighted by Crippen LogP contribution is 2.38. The molecule has 0 unspecified atom stereocenters. The van der Waals surface area contributed by atoms with Crippen molar-refractivity contribution in [2.45, 2.75) is 49.8 Å². The van der Waals surface area contributed by atoms with Crippen molar-refractivity contribution in [1.29, 1.82) is 0 Å². The lowest BCUT2D eigenvalue weighted by molar-refractivity contribution is -0.119. The lowest BCUT2D eigenvalue weighted by Crippen LogP contribution is -2.28. The minimum Gasteiger partial charge on any atom is -0.467 e. The van der Waals surface area contributed by atoms with E-state index in [1.165, 1.54) is 24.6 Å². The Hall–Kier alpha value is -2.25.